The van der Waals surface area contributed by atoms with Crippen LogP contribution in [-0.4, -0.2) is 44.5 Å². The third-order valence-corrected chi connectivity index (χ3v) is 5.54. The van der Waals surface area contributed by atoms with Crippen molar-refractivity contribution in [1.82, 2.24) is 14.6 Å². The molecule has 0 aliphatic heterocycles. The van der Waals surface area contributed by atoms with Crippen LogP contribution in [0.5, 0.6) is 0 Å². The molecule has 1 fully saturated rings. The van der Waals surface area contributed by atoms with Gasteiger partial charge < -0.3 is 10.6 Å². The number of nitrogen functional groups attached to an aromatic ring is 1. The number of sulfonamides is 1. The highest BCUT2D eigenvalue weighted by atomic mass is 32.2. The Morgan fingerprint density at radius 2 is 2.05 bits per heavy atom. The summed E-state index contributed by atoms with van der Waals surface area (Å²) in [5.41, 5.74) is 5.46. The maximum absolute atomic E-state index is 12.3. The van der Waals surface area contributed by atoms with Gasteiger partial charge in [-0.3, -0.25) is 0 Å². The molecule has 0 amide bonds. The smallest absolute Gasteiger partial charge is 0.240 e. The highest BCUT2D eigenvalue weighted by Gasteiger charge is 2.36. The van der Waals surface area contributed by atoms with Crippen molar-refractivity contribution in [3.05, 3.63) is 18.3 Å². The molecule has 0 spiro atoms. The maximum Gasteiger partial charge on any atom is 0.240 e. The van der Waals surface area contributed by atoms with E-state index in [1.807, 2.05) is 14.1 Å². The van der Waals surface area contributed by atoms with E-state index in [4.69, 9.17) is 5.73 Å². The molecule has 1 heterocycles. The fourth-order valence-electron chi connectivity index (χ4n) is 2.72. The van der Waals surface area contributed by atoms with Crippen molar-refractivity contribution in [2.75, 3.05) is 26.4 Å². The number of aromatic nitrogens is 1. The van der Waals surface area contributed by atoms with Gasteiger partial charge in [0.25, 0.3) is 0 Å². The predicted octanol–water partition coefficient (Wildman–Crippen LogP) is 0.817. The van der Waals surface area contributed by atoms with Gasteiger partial charge in [0, 0.05) is 24.3 Å². The SMILES string of the molecule is CN(C)C1(CNS(=O)(=O)c2ccnc(N)c2)CCCC1. The Kier molecular flexibility index (Phi) is 4.31. The van der Waals surface area contributed by atoms with E-state index in [0.717, 1.165) is 25.7 Å². The molecule has 2 rings (SSSR count). The lowest BCUT2D eigenvalue weighted by Gasteiger charge is -2.36. The summed E-state index contributed by atoms with van der Waals surface area (Å²) in [5.74, 6) is 0.205. The van der Waals surface area contributed by atoms with Crippen LogP contribution in [0.15, 0.2) is 23.2 Å². The van der Waals surface area contributed by atoms with Crippen LogP contribution in [0, 0.1) is 0 Å². The zero-order valence-electron chi connectivity index (χ0n) is 12.0. The Morgan fingerprint density at radius 1 is 1.40 bits per heavy atom. The van der Waals surface area contributed by atoms with Gasteiger partial charge in [0.1, 0.15) is 5.82 Å². The lowest BCUT2D eigenvalue weighted by molar-refractivity contribution is 0.162. The Balaban J connectivity index is 2.13. The standard InChI is InChI=1S/C13H22N4O2S/c1-17(2)13(6-3-4-7-13)10-16-20(18,19)11-5-8-15-12(14)9-11/h5,8-9,16H,3-4,6-7,10H2,1-2H3,(H2,14,15). The second-order valence-electron chi connectivity index (χ2n) is 5.57. The van der Waals surface area contributed by atoms with Gasteiger partial charge in [-0.2, -0.15) is 0 Å². The van der Waals surface area contributed by atoms with Crippen LogP contribution < -0.4 is 10.5 Å². The lowest BCUT2D eigenvalue weighted by Crippen LogP contribution is -2.50. The van der Waals surface area contributed by atoms with Crippen LogP contribution in [-0.2, 0) is 10.0 Å². The first kappa shape index (κ1) is 15.2. The summed E-state index contributed by atoms with van der Waals surface area (Å²) in [4.78, 5) is 6.10. The summed E-state index contributed by atoms with van der Waals surface area (Å²) in [5, 5.41) is 0. The first-order valence-corrected chi connectivity index (χ1v) is 8.23. The van der Waals surface area contributed by atoms with Crippen molar-refractivity contribution < 1.29 is 8.42 Å². The average molecular weight is 298 g/mol. The van der Waals surface area contributed by atoms with Gasteiger partial charge in [-0.1, -0.05) is 12.8 Å². The van der Waals surface area contributed by atoms with Crippen molar-refractivity contribution in [2.24, 2.45) is 0 Å². The maximum atomic E-state index is 12.3. The highest BCUT2D eigenvalue weighted by molar-refractivity contribution is 7.89. The summed E-state index contributed by atoms with van der Waals surface area (Å²) >= 11 is 0. The third-order valence-electron chi connectivity index (χ3n) is 4.14. The van der Waals surface area contributed by atoms with E-state index in [0.29, 0.717) is 6.54 Å². The molecule has 6 nitrogen and oxygen atoms in total. The number of nitrogens with zero attached hydrogens (tertiary/aromatic N) is 2. The number of pyridine rings is 1. The van der Waals surface area contributed by atoms with Crippen molar-refractivity contribution in [2.45, 2.75) is 36.1 Å². The molecule has 0 unspecified atom stereocenters. The van der Waals surface area contributed by atoms with E-state index < -0.39 is 10.0 Å². The molecule has 0 radical (unpaired) electrons. The molecular weight excluding hydrogens is 276 g/mol. The fourth-order valence-corrected chi connectivity index (χ4v) is 3.86. The van der Waals surface area contributed by atoms with Crippen LogP contribution in [0.2, 0.25) is 0 Å². The Morgan fingerprint density at radius 3 is 2.60 bits per heavy atom. The second kappa shape index (κ2) is 5.67. The van der Waals surface area contributed by atoms with Crippen molar-refractivity contribution in [1.29, 1.82) is 0 Å². The molecular formula is C13H22N4O2S. The number of likely N-dealkylation sites (N-methyl/N-ethyl adjacent to an activating group) is 1. The van der Waals surface area contributed by atoms with E-state index in [-0.39, 0.29) is 16.3 Å². The number of nitrogens with one attached hydrogen (secondary N) is 1. The Labute approximate surface area is 120 Å². The molecule has 0 aromatic carbocycles. The molecule has 7 heteroatoms. The first-order chi connectivity index (χ1) is 9.36. The minimum absolute atomic E-state index is 0.0777. The van der Waals surface area contributed by atoms with Gasteiger partial charge in [0.05, 0.1) is 4.90 Å². The van der Waals surface area contributed by atoms with E-state index in [1.165, 1.54) is 18.3 Å². The molecule has 0 atom stereocenters. The van der Waals surface area contributed by atoms with Gasteiger partial charge in [-0.05, 0) is 33.0 Å². The monoisotopic (exact) mass is 298 g/mol. The van der Waals surface area contributed by atoms with Crippen molar-refractivity contribution >= 4 is 15.8 Å². The van der Waals surface area contributed by atoms with E-state index >= 15 is 0 Å². The fraction of sp³-hybridized carbons (Fsp3) is 0.615. The first-order valence-electron chi connectivity index (χ1n) is 6.74. The predicted molar refractivity (Wildman–Crippen MR) is 78.7 cm³/mol. The average Bonchev–Trinajstić information content (AvgIpc) is 2.87. The molecule has 1 aromatic rings. The summed E-state index contributed by atoms with van der Waals surface area (Å²) in [6.45, 7) is 0.421. The highest BCUT2D eigenvalue weighted by Crippen LogP contribution is 2.33. The molecule has 1 aliphatic carbocycles. The van der Waals surface area contributed by atoms with Crippen LogP contribution in [0.25, 0.3) is 0 Å². The molecule has 1 aliphatic rings. The van der Waals surface area contributed by atoms with E-state index in [9.17, 15) is 8.42 Å². The van der Waals surface area contributed by atoms with Crippen LogP contribution in [0.4, 0.5) is 5.82 Å². The number of nitrogens with two attached hydrogens (primary N) is 1. The topological polar surface area (TPSA) is 88.3 Å². The van der Waals surface area contributed by atoms with Crippen LogP contribution in [0.3, 0.4) is 0 Å². The van der Waals surface area contributed by atoms with Gasteiger partial charge in [-0.25, -0.2) is 18.1 Å². The molecule has 112 valence electrons. The van der Waals surface area contributed by atoms with Crippen molar-refractivity contribution in [3.8, 4) is 0 Å². The zero-order chi connectivity index (χ0) is 14.8. The van der Waals surface area contributed by atoms with Crippen LogP contribution in [0.1, 0.15) is 25.7 Å². The quantitative estimate of drug-likeness (QED) is 0.840. The second-order valence-corrected chi connectivity index (χ2v) is 7.33. The normalized spacial score (nSPS) is 18.6. The van der Waals surface area contributed by atoms with Crippen molar-refractivity contribution in [3.63, 3.8) is 0 Å². The lowest BCUT2D eigenvalue weighted by atomic mass is 9.97. The van der Waals surface area contributed by atoms with Gasteiger partial charge in [-0.15, -0.1) is 0 Å². The van der Waals surface area contributed by atoms with Gasteiger partial charge >= 0.3 is 0 Å². The molecule has 0 bridgehead atoms. The molecule has 20 heavy (non-hydrogen) atoms. The van der Waals surface area contributed by atoms with Gasteiger partial charge in [0.15, 0.2) is 0 Å². The minimum Gasteiger partial charge on any atom is -0.384 e. The molecule has 3 N–H and O–H groups in total. The molecule has 1 aromatic heterocycles. The molecule has 0 saturated heterocycles. The summed E-state index contributed by atoms with van der Waals surface area (Å²) in [6, 6.07) is 2.83. The number of hydrogen-bond acceptors (Lipinski definition) is 5. The van der Waals surface area contributed by atoms with Crippen LogP contribution >= 0.6 is 0 Å². The van der Waals surface area contributed by atoms with Gasteiger partial charge in [0.2, 0.25) is 10.0 Å². The number of hydrogen-bond donors (Lipinski definition) is 2. The minimum atomic E-state index is -3.54. The Bertz CT molecular complexity index is 565. The third kappa shape index (κ3) is 3.11. The van der Waals surface area contributed by atoms with E-state index in [2.05, 4.69) is 14.6 Å². The zero-order valence-corrected chi connectivity index (χ0v) is 12.8. The molecule has 1 saturated carbocycles. The summed E-state index contributed by atoms with van der Waals surface area (Å²) in [6.07, 6.45) is 5.72. The summed E-state index contributed by atoms with van der Waals surface area (Å²) < 4.78 is 27.3. The number of rotatable bonds is 5. The van der Waals surface area contributed by atoms with E-state index in [1.54, 1.807) is 0 Å². The largest absolute Gasteiger partial charge is 0.384 e. The summed E-state index contributed by atoms with van der Waals surface area (Å²) in [7, 11) is 0.469. The number of anilines is 1. The Hall–Kier alpha value is -1.18.